The molecule has 0 saturated carbocycles. The minimum atomic E-state index is -0.0911. The van der Waals surface area contributed by atoms with Crippen LogP contribution in [-0.2, 0) is 4.79 Å². The molecule has 3 nitrogen and oxygen atoms in total. The molecule has 2 aliphatic rings. The SMILES string of the molecule is CCN1C(=O)C2C=CC=CC2NC1=S. The number of amides is 1. The van der Waals surface area contributed by atoms with Crippen molar-refractivity contribution in [1.29, 1.82) is 0 Å². The van der Waals surface area contributed by atoms with Crippen molar-refractivity contribution in [2.75, 3.05) is 6.54 Å². The van der Waals surface area contributed by atoms with Gasteiger partial charge in [-0.25, -0.2) is 0 Å². The molecule has 2 atom stereocenters. The molecule has 0 bridgehead atoms. The van der Waals surface area contributed by atoms with Crippen molar-refractivity contribution < 1.29 is 4.79 Å². The topological polar surface area (TPSA) is 32.3 Å². The van der Waals surface area contributed by atoms with Gasteiger partial charge >= 0.3 is 0 Å². The van der Waals surface area contributed by atoms with E-state index >= 15 is 0 Å². The number of thiocarbonyl (C=S) groups is 1. The van der Waals surface area contributed by atoms with Gasteiger partial charge in [0.15, 0.2) is 5.11 Å². The summed E-state index contributed by atoms with van der Waals surface area (Å²) >= 11 is 5.11. The van der Waals surface area contributed by atoms with Gasteiger partial charge in [-0.1, -0.05) is 24.3 Å². The maximum absolute atomic E-state index is 11.9. The number of rotatable bonds is 1. The van der Waals surface area contributed by atoms with E-state index in [1.165, 1.54) is 0 Å². The second-order valence-electron chi connectivity index (χ2n) is 3.35. The smallest absolute Gasteiger partial charge is 0.238 e. The van der Waals surface area contributed by atoms with Crippen molar-refractivity contribution in [3.63, 3.8) is 0 Å². The zero-order valence-electron chi connectivity index (χ0n) is 7.93. The van der Waals surface area contributed by atoms with Crippen LogP contribution in [0.5, 0.6) is 0 Å². The lowest BCUT2D eigenvalue weighted by molar-refractivity contribution is -0.131. The fraction of sp³-hybridized carbons (Fsp3) is 0.400. The molecule has 0 spiro atoms. The predicted octanol–water partition coefficient (Wildman–Crippen LogP) is 0.834. The van der Waals surface area contributed by atoms with E-state index in [9.17, 15) is 4.79 Å². The van der Waals surface area contributed by atoms with Crippen molar-refractivity contribution in [1.82, 2.24) is 10.2 Å². The number of hydrogen-bond donors (Lipinski definition) is 1. The van der Waals surface area contributed by atoms with E-state index in [1.807, 2.05) is 31.2 Å². The molecule has 1 saturated heterocycles. The maximum Gasteiger partial charge on any atom is 0.238 e. The van der Waals surface area contributed by atoms with Crippen LogP contribution < -0.4 is 5.32 Å². The van der Waals surface area contributed by atoms with Gasteiger partial charge in [0.05, 0.1) is 12.0 Å². The van der Waals surface area contributed by atoms with Gasteiger partial charge < -0.3 is 5.32 Å². The van der Waals surface area contributed by atoms with E-state index in [2.05, 4.69) is 5.32 Å². The van der Waals surface area contributed by atoms with E-state index in [0.717, 1.165) is 0 Å². The Hall–Kier alpha value is -1.16. The number of carbonyl (C=O) groups excluding carboxylic acids is 1. The molecule has 0 aromatic heterocycles. The van der Waals surface area contributed by atoms with E-state index < -0.39 is 0 Å². The molecule has 1 aliphatic carbocycles. The highest BCUT2D eigenvalue weighted by atomic mass is 32.1. The Labute approximate surface area is 88.5 Å². The summed E-state index contributed by atoms with van der Waals surface area (Å²) in [5, 5.41) is 3.69. The molecular weight excluding hydrogens is 196 g/mol. The first-order valence-corrected chi connectivity index (χ1v) is 5.11. The second kappa shape index (κ2) is 3.53. The normalized spacial score (nSPS) is 30.2. The highest BCUT2D eigenvalue weighted by Gasteiger charge is 2.36. The molecule has 4 heteroatoms. The lowest BCUT2D eigenvalue weighted by atomic mass is 9.92. The number of nitrogens with one attached hydrogen (secondary N) is 1. The number of carbonyl (C=O) groups is 1. The summed E-state index contributed by atoms with van der Waals surface area (Å²) in [6.07, 6.45) is 7.74. The first kappa shape index (κ1) is 9.40. The van der Waals surface area contributed by atoms with E-state index in [-0.39, 0.29) is 17.9 Å². The standard InChI is InChI=1S/C10H12N2OS/c1-2-12-9(13)7-5-3-4-6-8(7)11-10(12)14/h3-8H,2H2,1H3,(H,11,14). The van der Waals surface area contributed by atoms with Gasteiger partial charge in [-0.15, -0.1) is 0 Å². The van der Waals surface area contributed by atoms with E-state index in [0.29, 0.717) is 11.7 Å². The van der Waals surface area contributed by atoms with Crippen molar-refractivity contribution in [2.45, 2.75) is 13.0 Å². The predicted molar refractivity (Wildman–Crippen MR) is 58.7 cm³/mol. The molecule has 1 aliphatic heterocycles. The van der Waals surface area contributed by atoms with Crippen LogP contribution in [0.1, 0.15) is 6.92 Å². The third-order valence-corrected chi connectivity index (χ3v) is 2.88. The molecule has 0 radical (unpaired) electrons. The highest BCUT2D eigenvalue weighted by molar-refractivity contribution is 7.80. The lowest BCUT2D eigenvalue weighted by Crippen LogP contribution is -2.58. The first-order valence-electron chi connectivity index (χ1n) is 4.71. The van der Waals surface area contributed by atoms with Gasteiger partial charge in [0.25, 0.3) is 0 Å². The van der Waals surface area contributed by atoms with Crippen LogP contribution in [0, 0.1) is 5.92 Å². The van der Waals surface area contributed by atoms with Crippen LogP contribution in [0.25, 0.3) is 0 Å². The van der Waals surface area contributed by atoms with Crippen LogP contribution in [0.15, 0.2) is 24.3 Å². The Kier molecular flexibility index (Phi) is 2.37. The van der Waals surface area contributed by atoms with Gasteiger partial charge in [0, 0.05) is 6.54 Å². The largest absolute Gasteiger partial charge is 0.355 e. The monoisotopic (exact) mass is 208 g/mol. The summed E-state index contributed by atoms with van der Waals surface area (Å²) in [4.78, 5) is 13.5. The van der Waals surface area contributed by atoms with Crippen molar-refractivity contribution in [3.8, 4) is 0 Å². The van der Waals surface area contributed by atoms with Gasteiger partial charge in [-0.05, 0) is 19.1 Å². The van der Waals surface area contributed by atoms with Crippen LogP contribution in [0.2, 0.25) is 0 Å². The van der Waals surface area contributed by atoms with Gasteiger partial charge in [-0.3, -0.25) is 9.69 Å². The molecule has 1 fully saturated rings. The molecule has 0 aromatic rings. The van der Waals surface area contributed by atoms with Gasteiger partial charge in [-0.2, -0.15) is 0 Å². The third kappa shape index (κ3) is 1.35. The molecule has 74 valence electrons. The molecule has 1 N–H and O–H groups in total. The average Bonchev–Trinajstić information content (AvgIpc) is 2.18. The van der Waals surface area contributed by atoms with Crippen molar-refractivity contribution in [2.24, 2.45) is 5.92 Å². The molecular formula is C10H12N2OS. The van der Waals surface area contributed by atoms with E-state index in [4.69, 9.17) is 12.2 Å². The van der Waals surface area contributed by atoms with Crippen molar-refractivity contribution >= 4 is 23.2 Å². The Balaban J connectivity index is 2.26. The molecule has 2 unspecified atom stereocenters. The second-order valence-corrected chi connectivity index (χ2v) is 3.74. The fourth-order valence-electron chi connectivity index (χ4n) is 1.78. The summed E-state index contributed by atoms with van der Waals surface area (Å²) in [7, 11) is 0. The first-order chi connectivity index (χ1) is 6.74. The Morgan fingerprint density at radius 1 is 1.50 bits per heavy atom. The maximum atomic E-state index is 11.9. The number of hydrogen-bond acceptors (Lipinski definition) is 2. The number of nitrogens with zero attached hydrogens (tertiary/aromatic N) is 1. The quantitative estimate of drug-likeness (QED) is 0.648. The summed E-state index contributed by atoms with van der Waals surface area (Å²) in [5.74, 6) is 0.00787. The summed E-state index contributed by atoms with van der Waals surface area (Å²) in [6, 6.07) is 0.0443. The van der Waals surface area contributed by atoms with Crippen LogP contribution in [-0.4, -0.2) is 28.5 Å². The molecule has 1 heterocycles. The summed E-state index contributed by atoms with van der Waals surface area (Å²) in [5.41, 5.74) is 0. The lowest BCUT2D eigenvalue weighted by Gasteiger charge is -2.37. The number of fused-ring (bicyclic) bond motifs is 1. The van der Waals surface area contributed by atoms with Crippen LogP contribution in [0.3, 0.4) is 0 Å². The summed E-state index contributed by atoms with van der Waals surface area (Å²) < 4.78 is 0. The van der Waals surface area contributed by atoms with Crippen LogP contribution in [0.4, 0.5) is 0 Å². The Morgan fingerprint density at radius 3 is 2.93 bits per heavy atom. The van der Waals surface area contributed by atoms with Crippen molar-refractivity contribution in [3.05, 3.63) is 24.3 Å². The third-order valence-electron chi connectivity index (χ3n) is 2.54. The minimum Gasteiger partial charge on any atom is -0.355 e. The molecule has 1 amide bonds. The van der Waals surface area contributed by atoms with Gasteiger partial charge in [0.2, 0.25) is 5.91 Å². The zero-order chi connectivity index (χ0) is 10.1. The Morgan fingerprint density at radius 2 is 2.21 bits per heavy atom. The van der Waals surface area contributed by atoms with Gasteiger partial charge in [0.1, 0.15) is 0 Å². The fourth-order valence-corrected chi connectivity index (χ4v) is 2.14. The molecule has 2 rings (SSSR count). The van der Waals surface area contributed by atoms with E-state index in [1.54, 1.807) is 4.90 Å². The zero-order valence-corrected chi connectivity index (χ0v) is 8.75. The molecule has 0 aromatic carbocycles. The summed E-state index contributed by atoms with van der Waals surface area (Å²) in [6.45, 7) is 2.56. The Bertz CT molecular complexity index is 335. The molecule has 14 heavy (non-hydrogen) atoms. The highest BCUT2D eigenvalue weighted by Crippen LogP contribution is 2.20. The van der Waals surface area contributed by atoms with Crippen LogP contribution >= 0.6 is 12.2 Å². The number of allylic oxidation sites excluding steroid dienone is 2. The average molecular weight is 208 g/mol. The minimum absolute atomic E-state index is 0.0443.